The largest absolute Gasteiger partial charge is 0.385 e. The standard InChI is InChI=1S/C5H6O2/c6-4-2-1-3-5(4)7/h1-2,5,7H,3H2/t5-/m1/s1. The van der Waals surface area contributed by atoms with Crippen LogP contribution in [0, 0.1) is 0 Å². The van der Waals surface area contributed by atoms with E-state index in [0.717, 1.165) is 0 Å². The number of rotatable bonds is 0. The van der Waals surface area contributed by atoms with Crippen LogP contribution in [0.15, 0.2) is 12.2 Å². The molecule has 0 aromatic carbocycles. The molecule has 1 aliphatic carbocycles. The Bertz CT molecular complexity index is 115. The third-order valence-electron chi connectivity index (χ3n) is 0.970. The molecule has 0 aliphatic heterocycles. The normalized spacial score (nSPS) is 29.3. The van der Waals surface area contributed by atoms with Gasteiger partial charge in [-0.3, -0.25) is 4.79 Å². The van der Waals surface area contributed by atoms with Gasteiger partial charge in [0.15, 0.2) is 5.78 Å². The van der Waals surface area contributed by atoms with E-state index in [0.29, 0.717) is 6.42 Å². The van der Waals surface area contributed by atoms with Gasteiger partial charge in [-0.05, 0) is 12.5 Å². The van der Waals surface area contributed by atoms with Gasteiger partial charge in [0, 0.05) is 0 Å². The summed E-state index contributed by atoms with van der Waals surface area (Å²) in [4.78, 5) is 10.2. The van der Waals surface area contributed by atoms with Crippen LogP contribution in [-0.4, -0.2) is 17.0 Å². The van der Waals surface area contributed by atoms with Crippen LogP contribution in [0.2, 0.25) is 0 Å². The molecular weight excluding hydrogens is 92.1 g/mol. The molecule has 0 fully saturated rings. The summed E-state index contributed by atoms with van der Waals surface area (Å²) in [6, 6.07) is 0. The summed E-state index contributed by atoms with van der Waals surface area (Å²) >= 11 is 0. The second-order valence-corrected chi connectivity index (χ2v) is 1.56. The fraction of sp³-hybridized carbons (Fsp3) is 0.400. The fourth-order valence-corrected chi connectivity index (χ4v) is 0.540. The summed E-state index contributed by atoms with van der Waals surface area (Å²) < 4.78 is 0. The van der Waals surface area contributed by atoms with E-state index in [4.69, 9.17) is 5.11 Å². The second kappa shape index (κ2) is 1.46. The molecule has 0 saturated carbocycles. The third kappa shape index (κ3) is 0.695. The molecule has 1 N–H and O–H groups in total. The van der Waals surface area contributed by atoms with Crippen molar-refractivity contribution in [3.8, 4) is 0 Å². The van der Waals surface area contributed by atoms with Gasteiger partial charge in [-0.1, -0.05) is 6.08 Å². The van der Waals surface area contributed by atoms with Crippen molar-refractivity contribution in [2.24, 2.45) is 0 Å². The minimum absolute atomic E-state index is 0.167. The predicted octanol–water partition coefficient (Wildman–Crippen LogP) is -0.124. The highest BCUT2D eigenvalue weighted by atomic mass is 16.3. The molecule has 1 rings (SSSR count). The average Bonchev–Trinajstić information content (AvgIpc) is 1.91. The van der Waals surface area contributed by atoms with Crippen molar-refractivity contribution < 1.29 is 9.90 Å². The van der Waals surface area contributed by atoms with E-state index < -0.39 is 6.10 Å². The van der Waals surface area contributed by atoms with Gasteiger partial charge < -0.3 is 5.11 Å². The Balaban J connectivity index is 2.62. The summed E-state index contributed by atoms with van der Waals surface area (Å²) in [6.07, 6.45) is 2.84. The molecule has 0 radical (unpaired) electrons. The van der Waals surface area contributed by atoms with E-state index in [1.807, 2.05) is 0 Å². The molecule has 0 aromatic heterocycles. The Labute approximate surface area is 41.5 Å². The number of carbonyl (C=O) groups is 1. The van der Waals surface area contributed by atoms with E-state index in [9.17, 15) is 4.79 Å². The Morgan fingerprint density at radius 3 is 2.71 bits per heavy atom. The monoisotopic (exact) mass is 98.0 g/mol. The first-order chi connectivity index (χ1) is 3.30. The summed E-state index contributed by atoms with van der Waals surface area (Å²) in [7, 11) is 0. The van der Waals surface area contributed by atoms with Crippen LogP contribution < -0.4 is 0 Å². The first-order valence-electron chi connectivity index (χ1n) is 2.19. The van der Waals surface area contributed by atoms with Crippen molar-refractivity contribution in [2.75, 3.05) is 0 Å². The number of aliphatic hydroxyl groups is 1. The topological polar surface area (TPSA) is 37.3 Å². The lowest BCUT2D eigenvalue weighted by atomic mass is 10.3. The summed E-state index contributed by atoms with van der Waals surface area (Å²) in [6.45, 7) is 0. The van der Waals surface area contributed by atoms with Gasteiger partial charge in [-0.15, -0.1) is 0 Å². The third-order valence-corrected chi connectivity index (χ3v) is 0.970. The zero-order valence-corrected chi connectivity index (χ0v) is 3.79. The van der Waals surface area contributed by atoms with Crippen LogP contribution >= 0.6 is 0 Å². The Kier molecular flexibility index (Phi) is 0.947. The Morgan fingerprint density at radius 2 is 2.57 bits per heavy atom. The number of aliphatic hydroxyl groups excluding tert-OH is 1. The van der Waals surface area contributed by atoms with Crippen molar-refractivity contribution in [2.45, 2.75) is 12.5 Å². The molecule has 38 valence electrons. The molecule has 2 heteroatoms. The predicted molar refractivity (Wildman–Crippen MR) is 24.8 cm³/mol. The summed E-state index contributed by atoms with van der Waals surface area (Å²) in [5, 5.41) is 8.59. The fourth-order valence-electron chi connectivity index (χ4n) is 0.540. The van der Waals surface area contributed by atoms with Crippen LogP contribution in [0.25, 0.3) is 0 Å². The number of hydrogen-bond acceptors (Lipinski definition) is 2. The maximum Gasteiger partial charge on any atom is 0.184 e. The van der Waals surface area contributed by atoms with Crippen molar-refractivity contribution in [3.05, 3.63) is 12.2 Å². The van der Waals surface area contributed by atoms with E-state index in [1.165, 1.54) is 6.08 Å². The maximum absolute atomic E-state index is 10.2. The van der Waals surface area contributed by atoms with Gasteiger partial charge in [-0.25, -0.2) is 0 Å². The lowest BCUT2D eigenvalue weighted by Gasteiger charge is -1.91. The van der Waals surface area contributed by atoms with Crippen LogP contribution in [0.4, 0.5) is 0 Å². The smallest absolute Gasteiger partial charge is 0.184 e. The van der Waals surface area contributed by atoms with Crippen LogP contribution in [-0.2, 0) is 4.79 Å². The van der Waals surface area contributed by atoms with Gasteiger partial charge in [0.05, 0.1) is 0 Å². The van der Waals surface area contributed by atoms with Crippen molar-refractivity contribution in [1.82, 2.24) is 0 Å². The molecular formula is C5H6O2. The van der Waals surface area contributed by atoms with E-state index in [2.05, 4.69) is 0 Å². The van der Waals surface area contributed by atoms with Gasteiger partial charge in [-0.2, -0.15) is 0 Å². The van der Waals surface area contributed by atoms with Crippen molar-refractivity contribution in [1.29, 1.82) is 0 Å². The minimum Gasteiger partial charge on any atom is -0.385 e. The van der Waals surface area contributed by atoms with Crippen molar-refractivity contribution in [3.63, 3.8) is 0 Å². The van der Waals surface area contributed by atoms with Crippen molar-refractivity contribution >= 4 is 5.78 Å². The molecule has 0 unspecified atom stereocenters. The Hall–Kier alpha value is -0.630. The van der Waals surface area contributed by atoms with Gasteiger partial charge in [0.2, 0.25) is 0 Å². The average molecular weight is 98.1 g/mol. The molecule has 0 spiro atoms. The summed E-state index contributed by atoms with van der Waals surface area (Å²) in [5.74, 6) is -0.167. The molecule has 0 heterocycles. The highest BCUT2D eigenvalue weighted by molar-refractivity contribution is 5.95. The lowest BCUT2D eigenvalue weighted by molar-refractivity contribution is -0.121. The Morgan fingerprint density at radius 1 is 1.86 bits per heavy atom. The second-order valence-electron chi connectivity index (χ2n) is 1.56. The molecule has 0 saturated heterocycles. The molecule has 7 heavy (non-hydrogen) atoms. The number of ketones is 1. The highest BCUT2D eigenvalue weighted by Gasteiger charge is 2.14. The molecule has 2 nitrogen and oxygen atoms in total. The van der Waals surface area contributed by atoms with E-state index >= 15 is 0 Å². The van der Waals surface area contributed by atoms with E-state index in [1.54, 1.807) is 6.08 Å². The first-order valence-corrected chi connectivity index (χ1v) is 2.19. The molecule has 0 bridgehead atoms. The van der Waals surface area contributed by atoms with Crippen LogP contribution in [0.1, 0.15) is 6.42 Å². The number of hydrogen-bond donors (Lipinski definition) is 1. The quantitative estimate of drug-likeness (QED) is 0.458. The summed E-state index contributed by atoms with van der Waals surface area (Å²) in [5.41, 5.74) is 0. The van der Waals surface area contributed by atoms with Gasteiger partial charge in [0.25, 0.3) is 0 Å². The highest BCUT2D eigenvalue weighted by Crippen LogP contribution is 2.03. The number of carbonyl (C=O) groups excluding carboxylic acids is 1. The van der Waals surface area contributed by atoms with Gasteiger partial charge in [0.1, 0.15) is 6.10 Å². The molecule has 0 aromatic rings. The van der Waals surface area contributed by atoms with Gasteiger partial charge >= 0.3 is 0 Å². The van der Waals surface area contributed by atoms with E-state index in [-0.39, 0.29) is 5.78 Å². The zero-order valence-electron chi connectivity index (χ0n) is 3.79. The zero-order chi connectivity index (χ0) is 5.28. The molecule has 1 atom stereocenters. The van der Waals surface area contributed by atoms with Crippen LogP contribution in [0.3, 0.4) is 0 Å². The maximum atomic E-state index is 10.2. The molecule has 1 aliphatic rings. The first kappa shape index (κ1) is 4.53. The lowest BCUT2D eigenvalue weighted by Crippen LogP contribution is -2.10. The van der Waals surface area contributed by atoms with Crippen LogP contribution in [0.5, 0.6) is 0 Å². The minimum atomic E-state index is -0.736. The SMILES string of the molecule is O=C1C=CC[C@H]1O. The molecule has 0 amide bonds.